The Bertz CT molecular complexity index is 716. The van der Waals surface area contributed by atoms with Gasteiger partial charge in [0, 0.05) is 6.42 Å². The number of aliphatic hydroxyl groups is 1. The molecule has 0 aromatic heterocycles. The molecule has 120 valence electrons. The second-order valence-electron chi connectivity index (χ2n) is 5.29. The smallest absolute Gasteiger partial charge is 0.231 e. The topological polar surface area (TPSA) is 82.1 Å². The summed E-state index contributed by atoms with van der Waals surface area (Å²) >= 11 is 0. The zero-order chi connectivity index (χ0) is 16.4. The lowest BCUT2D eigenvalue weighted by molar-refractivity contribution is -0.122. The average Bonchev–Trinajstić information content (AvgIpc) is 2.99. The zero-order valence-electron chi connectivity index (χ0n) is 12.6. The zero-order valence-corrected chi connectivity index (χ0v) is 12.6. The molecule has 6 nitrogen and oxygen atoms in total. The molecule has 23 heavy (non-hydrogen) atoms. The number of aliphatic hydroxyl groups excluding tert-OH is 1. The minimum Gasteiger partial charge on any atom is -0.500 e. The van der Waals surface area contributed by atoms with E-state index in [1.807, 2.05) is 0 Å². The van der Waals surface area contributed by atoms with Crippen molar-refractivity contribution in [2.45, 2.75) is 18.9 Å². The lowest BCUT2D eigenvalue weighted by Crippen LogP contribution is -2.28. The molecule has 1 unspecified atom stereocenters. The number of fused-ring (bicyclic) bond motifs is 1. The fourth-order valence-electron chi connectivity index (χ4n) is 2.61. The largest absolute Gasteiger partial charge is 0.500 e. The number of ketones is 2. The first-order valence-electron chi connectivity index (χ1n) is 7.17. The summed E-state index contributed by atoms with van der Waals surface area (Å²) < 4.78 is 15.6. The summed E-state index contributed by atoms with van der Waals surface area (Å²) in [5.74, 6) is 0.998. The van der Waals surface area contributed by atoms with Crippen LogP contribution >= 0.6 is 0 Å². The van der Waals surface area contributed by atoms with Gasteiger partial charge in [0.1, 0.15) is 11.5 Å². The summed E-state index contributed by atoms with van der Waals surface area (Å²) in [7, 11) is 1.38. The number of ether oxygens (including phenoxy) is 3. The number of hydrogen-bond acceptors (Lipinski definition) is 6. The maximum atomic E-state index is 12.3. The Kier molecular flexibility index (Phi) is 4.16. The van der Waals surface area contributed by atoms with Gasteiger partial charge in [-0.05, 0) is 23.8 Å². The van der Waals surface area contributed by atoms with Crippen molar-refractivity contribution in [3.8, 4) is 11.5 Å². The van der Waals surface area contributed by atoms with Gasteiger partial charge in [-0.1, -0.05) is 12.1 Å². The van der Waals surface area contributed by atoms with Crippen LogP contribution in [0.4, 0.5) is 0 Å². The second-order valence-corrected chi connectivity index (χ2v) is 5.29. The first-order chi connectivity index (χ1) is 11.1. The number of allylic oxidation sites excluding steroid dienone is 2. The molecule has 0 fully saturated rings. The van der Waals surface area contributed by atoms with E-state index in [1.165, 1.54) is 13.2 Å². The summed E-state index contributed by atoms with van der Waals surface area (Å²) in [6.07, 6.45) is 1.82. The predicted octanol–water partition coefficient (Wildman–Crippen LogP) is 1.62. The molecule has 1 N–H and O–H groups in total. The van der Waals surface area contributed by atoms with Crippen molar-refractivity contribution >= 4 is 17.6 Å². The molecule has 0 radical (unpaired) electrons. The third-order valence-corrected chi connectivity index (χ3v) is 3.75. The van der Waals surface area contributed by atoms with Gasteiger partial charge in [0.05, 0.1) is 25.2 Å². The van der Waals surface area contributed by atoms with Gasteiger partial charge in [-0.2, -0.15) is 0 Å². The van der Waals surface area contributed by atoms with Gasteiger partial charge in [0.25, 0.3) is 0 Å². The number of benzene rings is 1. The summed E-state index contributed by atoms with van der Waals surface area (Å²) in [5, 5.41) is 9.99. The van der Waals surface area contributed by atoms with Crippen molar-refractivity contribution in [2.75, 3.05) is 13.9 Å². The van der Waals surface area contributed by atoms with E-state index in [0.717, 1.165) is 5.56 Å². The summed E-state index contributed by atoms with van der Waals surface area (Å²) in [6, 6.07) is 5.32. The van der Waals surface area contributed by atoms with Crippen LogP contribution < -0.4 is 9.47 Å². The Morgan fingerprint density at radius 3 is 2.91 bits per heavy atom. The van der Waals surface area contributed by atoms with Crippen molar-refractivity contribution in [3.63, 3.8) is 0 Å². The van der Waals surface area contributed by atoms with Crippen LogP contribution in [0, 0.1) is 0 Å². The normalized spacial score (nSPS) is 20.3. The number of methoxy groups -OCH3 is 1. The van der Waals surface area contributed by atoms with E-state index < -0.39 is 6.10 Å². The molecule has 1 aliphatic heterocycles. The molecule has 1 heterocycles. The van der Waals surface area contributed by atoms with Gasteiger partial charge in [-0.3, -0.25) is 9.59 Å². The van der Waals surface area contributed by atoms with Crippen LogP contribution in [0.1, 0.15) is 18.4 Å². The third-order valence-electron chi connectivity index (χ3n) is 3.75. The Balaban J connectivity index is 1.81. The molecule has 1 aromatic rings. The highest BCUT2D eigenvalue weighted by molar-refractivity contribution is 6.09. The van der Waals surface area contributed by atoms with Gasteiger partial charge in [-0.15, -0.1) is 0 Å². The molecule has 0 saturated carbocycles. The molecular weight excluding hydrogens is 300 g/mol. The highest BCUT2D eigenvalue weighted by Crippen LogP contribution is 2.33. The quantitative estimate of drug-likeness (QED) is 0.850. The Morgan fingerprint density at radius 2 is 2.13 bits per heavy atom. The van der Waals surface area contributed by atoms with Crippen molar-refractivity contribution in [1.82, 2.24) is 0 Å². The lowest BCUT2D eigenvalue weighted by Gasteiger charge is -2.21. The van der Waals surface area contributed by atoms with E-state index in [4.69, 9.17) is 14.2 Å². The average molecular weight is 316 g/mol. The second kappa shape index (κ2) is 6.26. The van der Waals surface area contributed by atoms with E-state index in [0.29, 0.717) is 11.5 Å². The van der Waals surface area contributed by atoms with Crippen LogP contribution in [0.3, 0.4) is 0 Å². The van der Waals surface area contributed by atoms with E-state index in [1.54, 1.807) is 24.3 Å². The molecule has 3 rings (SSSR count). The molecule has 6 heteroatoms. The van der Waals surface area contributed by atoms with E-state index >= 15 is 0 Å². The molecule has 1 aromatic carbocycles. The first-order valence-corrected chi connectivity index (χ1v) is 7.17. The Labute approximate surface area is 133 Å². The van der Waals surface area contributed by atoms with Crippen molar-refractivity contribution < 1.29 is 28.9 Å². The van der Waals surface area contributed by atoms with Gasteiger partial charge in [0.15, 0.2) is 17.3 Å². The molecule has 0 bridgehead atoms. The van der Waals surface area contributed by atoms with Crippen LogP contribution in [-0.2, 0) is 14.3 Å². The number of carbonyl (C=O) groups excluding carboxylic acids is 2. The third kappa shape index (κ3) is 3.12. The Morgan fingerprint density at radius 1 is 1.35 bits per heavy atom. The molecule has 0 saturated heterocycles. The predicted molar refractivity (Wildman–Crippen MR) is 80.9 cm³/mol. The van der Waals surface area contributed by atoms with Gasteiger partial charge in [-0.25, -0.2) is 0 Å². The van der Waals surface area contributed by atoms with Crippen LogP contribution in [0.5, 0.6) is 11.5 Å². The summed E-state index contributed by atoms with van der Waals surface area (Å²) in [5.41, 5.74) is 0.910. The first kappa shape index (κ1) is 15.3. The van der Waals surface area contributed by atoms with Crippen LogP contribution in [0.25, 0.3) is 6.08 Å². The SMILES string of the molecule is COC1=C(C(=O)C=Cc2ccc3c(c2)OCO3)C(O)CC(=O)C1. The van der Waals surface area contributed by atoms with Crippen LogP contribution in [0.15, 0.2) is 35.6 Å². The molecule has 1 aliphatic carbocycles. The van der Waals surface area contributed by atoms with Crippen LogP contribution in [-0.4, -0.2) is 36.7 Å². The van der Waals surface area contributed by atoms with E-state index in [9.17, 15) is 14.7 Å². The number of carbonyl (C=O) groups is 2. The summed E-state index contributed by atoms with van der Waals surface area (Å²) in [6.45, 7) is 0.186. The van der Waals surface area contributed by atoms with Gasteiger partial charge in [0.2, 0.25) is 6.79 Å². The standard InChI is InChI=1S/C17H16O6/c1-21-16-8-11(18)7-13(20)17(16)12(19)4-2-10-3-5-14-15(6-10)23-9-22-14/h2-6,13,20H,7-9H2,1H3. The molecule has 0 spiro atoms. The van der Waals surface area contributed by atoms with Crippen molar-refractivity contribution in [2.24, 2.45) is 0 Å². The number of hydrogen-bond donors (Lipinski definition) is 1. The maximum absolute atomic E-state index is 12.3. The fourth-order valence-corrected chi connectivity index (χ4v) is 2.61. The van der Waals surface area contributed by atoms with Crippen molar-refractivity contribution in [3.05, 3.63) is 41.2 Å². The highest BCUT2D eigenvalue weighted by atomic mass is 16.7. The minimum atomic E-state index is -1.12. The summed E-state index contributed by atoms with van der Waals surface area (Å²) in [4.78, 5) is 23.8. The van der Waals surface area contributed by atoms with Crippen molar-refractivity contribution in [1.29, 1.82) is 0 Å². The molecular formula is C17H16O6. The van der Waals surface area contributed by atoms with E-state index in [-0.39, 0.29) is 42.5 Å². The van der Waals surface area contributed by atoms with E-state index in [2.05, 4.69) is 0 Å². The van der Waals surface area contributed by atoms with Crippen LogP contribution in [0.2, 0.25) is 0 Å². The minimum absolute atomic E-state index is 0.0342. The number of Topliss-reactive ketones (excluding diaryl/α,β-unsaturated/α-hetero) is 1. The lowest BCUT2D eigenvalue weighted by atomic mass is 9.90. The van der Waals surface area contributed by atoms with Gasteiger partial charge < -0.3 is 19.3 Å². The maximum Gasteiger partial charge on any atom is 0.231 e. The molecule has 1 atom stereocenters. The monoisotopic (exact) mass is 316 g/mol. The molecule has 2 aliphatic rings. The van der Waals surface area contributed by atoms with Gasteiger partial charge >= 0.3 is 0 Å². The highest BCUT2D eigenvalue weighted by Gasteiger charge is 2.30. The molecule has 0 amide bonds. The number of rotatable bonds is 4. The Hall–Kier alpha value is -2.60. The fraction of sp³-hybridized carbons (Fsp3) is 0.294.